The van der Waals surface area contributed by atoms with E-state index in [-0.39, 0.29) is 6.42 Å². The van der Waals surface area contributed by atoms with Gasteiger partial charge >= 0.3 is 12.1 Å². The molecule has 0 rings (SSSR count). The number of nitrogens with zero attached hydrogens (tertiary/aromatic N) is 1. The van der Waals surface area contributed by atoms with Crippen LogP contribution in [0.25, 0.3) is 0 Å². The number of hydrogen-bond donors (Lipinski definition) is 2. The van der Waals surface area contributed by atoms with E-state index in [1.165, 1.54) is 6.92 Å². The fourth-order valence-corrected chi connectivity index (χ4v) is 0.937. The number of carboxylic acids is 1. The van der Waals surface area contributed by atoms with E-state index in [0.29, 0.717) is 5.01 Å². The highest BCUT2D eigenvalue weighted by Crippen LogP contribution is 2.19. The first-order valence-corrected chi connectivity index (χ1v) is 5.06. The zero-order valence-corrected chi connectivity index (χ0v) is 10.4. The van der Waals surface area contributed by atoms with Crippen molar-refractivity contribution in [3.05, 3.63) is 0 Å². The first-order chi connectivity index (χ1) is 7.04. The number of nitrogens with two attached hydrogens (primary N) is 1. The summed E-state index contributed by atoms with van der Waals surface area (Å²) in [7, 11) is 0. The lowest BCUT2D eigenvalue weighted by Gasteiger charge is -2.34. The van der Waals surface area contributed by atoms with E-state index in [2.05, 4.69) is 0 Å². The van der Waals surface area contributed by atoms with Crippen molar-refractivity contribution in [1.29, 1.82) is 0 Å². The van der Waals surface area contributed by atoms with Gasteiger partial charge in [0.2, 0.25) is 0 Å². The Labute approximate surface area is 95.3 Å². The van der Waals surface area contributed by atoms with E-state index >= 15 is 0 Å². The average Bonchev–Trinajstić information content (AvgIpc) is 2.12. The topological polar surface area (TPSA) is 92.9 Å². The number of aliphatic carboxylic acids is 1. The van der Waals surface area contributed by atoms with Crippen LogP contribution in [-0.4, -0.2) is 33.3 Å². The highest BCUT2D eigenvalue weighted by molar-refractivity contribution is 5.83. The zero-order valence-electron chi connectivity index (χ0n) is 10.4. The van der Waals surface area contributed by atoms with Crippen molar-refractivity contribution in [3.63, 3.8) is 0 Å². The van der Waals surface area contributed by atoms with Crippen LogP contribution in [-0.2, 0) is 9.53 Å². The third kappa shape index (κ3) is 3.37. The number of hydrazine groups is 1. The minimum atomic E-state index is -1.46. The normalized spacial score (nSPS) is 15.1. The Hall–Kier alpha value is -1.30. The second kappa shape index (κ2) is 4.69. The lowest BCUT2D eigenvalue weighted by Crippen LogP contribution is -2.59. The molecule has 16 heavy (non-hydrogen) atoms. The summed E-state index contributed by atoms with van der Waals surface area (Å²) in [5, 5.41) is 9.65. The average molecular weight is 232 g/mol. The number of amides is 1. The molecule has 0 heterocycles. The molecular formula is C10H20N2O4. The third-order valence-corrected chi connectivity index (χ3v) is 2.27. The number of ether oxygens (including phenoxy) is 1. The van der Waals surface area contributed by atoms with E-state index in [9.17, 15) is 9.59 Å². The van der Waals surface area contributed by atoms with Gasteiger partial charge in [-0.25, -0.2) is 20.4 Å². The summed E-state index contributed by atoms with van der Waals surface area (Å²) in [6.45, 7) is 8.06. The van der Waals surface area contributed by atoms with Gasteiger partial charge in [0.1, 0.15) is 5.60 Å². The Kier molecular flexibility index (Phi) is 4.31. The molecule has 0 spiro atoms. The molecule has 0 aromatic rings. The van der Waals surface area contributed by atoms with Gasteiger partial charge in [-0.15, -0.1) is 0 Å². The van der Waals surface area contributed by atoms with Gasteiger partial charge in [-0.3, -0.25) is 0 Å². The standard InChI is InChI=1S/C10H20N2O4/c1-6-10(5,7(13)14)12(11)8(15)16-9(2,3)4/h6,11H2,1-5H3,(H,13,14)/t10-/m0/s1. The summed E-state index contributed by atoms with van der Waals surface area (Å²) in [4.78, 5) is 22.6. The minimum Gasteiger partial charge on any atom is -0.479 e. The largest absolute Gasteiger partial charge is 0.479 e. The fourth-order valence-electron chi connectivity index (χ4n) is 0.937. The van der Waals surface area contributed by atoms with E-state index in [4.69, 9.17) is 15.7 Å². The predicted molar refractivity (Wildman–Crippen MR) is 58.6 cm³/mol. The summed E-state index contributed by atoms with van der Waals surface area (Å²) < 4.78 is 5.00. The van der Waals surface area contributed by atoms with Gasteiger partial charge in [0.15, 0.2) is 5.54 Å². The fraction of sp³-hybridized carbons (Fsp3) is 0.800. The Balaban J connectivity index is 4.84. The molecule has 1 amide bonds. The molecular weight excluding hydrogens is 212 g/mol. The SMILES string of the molecule is CC[C@@](C)(C(=O)O)N(N)C(=O)OC(C)(C)C. The molecule has 0 saturated carbocycles. The maximum absolute atomic E-state index is 11.6. The predicted octanol–water partition coefficient (Wildman–Crippen LogP) is 1.35. The maximum Gasteiger partial charge on any atom is 0.425 e. The van der Waals surface area contributed by atoms with Gasteiger partial charge < -0.3 is 9.84 Å². The number of carbonyl (C=O) groups excluding carboxylic acids is 1. The van der Waals surface area contributed by atoms with Crippen LogP contribution in [0.2, 0.25) is 0 Å². The lowest BCUT2D eigenvalue weighted by molar-refractivity contribution is -0.150. The number of carboxylic acid groups (broad SMARTS) is 1. The molecule has 0 bridgehead atoms. The van der Waals surface area contributed by atoms with Crippen LogP contribution in [0.3, 0.4) is 0 Å². The first-order valence-electron chi connectivity index (χ1n) is 5.06. The van der Waals surface area contributed by atoms with Crippen molar-refractivity contribution in [2.45, 2.75) is 52.2 Å². The Morgan fingerprint density at radius 2 is 1.75 bits per heavy atom. The molecule has 0 radical (unpaired) electrons. The Morgan fingerprint density at radius 3 is 2.00 bits per heavy atom. The molecule has 3 N–H and O–H groups in total. The highest BCUT2D eigenvalue weighted by Gasteiger charge is 2.41. The lowest BCUT2D eigenvalue weighted by atomic mass is 9.99. The molecule has 0 aliphatic rings. The van der Waals surface area contributed by atoms with Gasteiger partial charge in [-0.1, -0.05) is 6.92 Å². The number of carbonyl (C=O) groups is 2. The summed E-state index contributed by atoms with van der Waals surface area (Å²) >= 11 is 0. The summed E-state index contributed by atoms with van der Waals surface area (Å²) in [5.74, 6) is 4.33. The van der Waals surface area contributed by atoms with Gasteiger partial charge in [0.25, 0.3) is 0 Å². The maximum atomic E-state index is 11.6. The summed E-state index contributed by atoms with van der Waals surface area (Å²) in [5.41, 5.74) is -2.16. The highest BCUT2D eigenvalue weighted by atomic mass is 16.6. The molecule has 6 nitrogen and oxygen atoms in total. The Bertz CT molecular complexity index is 285. The van der Waals surface area contributed by atoms with Crippen LogP contribution in [0.1, 0.15) is 41.0 Å². The molecule has 1 atom stereocenters. The molecule has 94 valence electrons. The van der Waals surface area contributed by atoms with Crippen LogP contribution in [0, 0.1) is 0 Å². The second-order valence-electron chi connectivity index (χ2n) is 4.78. The van der Waals surface area contributed by atoms with Crippen LogP contribution in [0.15, 0.2) is 0 Å². The van der Waals surface area contributed by atoms with E-state index in [1.54, 1.807) is 27.7 Å². The number of hydrogen-bond acceptors (Lipinski definition) is 4. The zero-order chi connectivity index (χ0) is 13.1. The van der Waals surface area contributed by atoms with Crippen molar-refractivity contribution >= 4 is 12.1 Å². The molecule has 0 aromatic heterocycles. The van der Waals surface area contributed by atoms with Crippen molar-refractivity contribution in [3.8, 4) is 0 Å². The Morgan fingerprint density at radius 1 is 1.31 bits per heavy atom. The molecule has 0 aliphatic heterocycles. The molecule has 0 saturated heterocycles. The van der Waals surface area contributed by atoms with Gasteiger partial charge in [0, 0.05) is 0 Å². The summed E-state index contributed by atoms with van der Waals surface area (Å²) in [6, 6.07) is 0. The van der Waals surface area contributed by atoms with Crippen molar-refractivity contribution in [2.75, 3.05) is 0 Å². The van der Waals surface area contributed by atoms with E-state index in [1.807, 2.05) is 0 Å². The quantitative estimate of drug-likeness (QED) is 0.435. The third-order valence-electron chi connectivity index (χ3n) is 2.27. The van der Waals surface area contributed by atoms with Crippen molar-refractivity contribution in [2.24, 2.45) is 5.84 Å². The van der Waals surface area contributed by atoms with Crippen LogP contribution >= 0.6 is 0 Å². The van der Waals surface area contributed by atoms with Crippen molar-refractivity contribution in [1.82, 2.24) is 5.01 Å². The van der Waals surface area contributed by atoms with E-state index < -0.39 is 23.2 Å². The monoisotopic (exact) mass is 232 g/mol. The second-order valence-corrected chi connectivity index (χ2v) is 4.78. The van der Waals surface area contributed by atoms with Crippen LogP contribution in [0.5, 0.6) is 0 Å². The van der Waals surface area contributed by atoms with Crippen LogP contribution in [0.4, 0.5) is 4.79 Å². The van der Waals surface area contributed by atoms with Crippen molar-refractivity contribution < 1.29 is 19.4 Å². The summed E-state index contributed by atoms with van der Waals surface area (Å²) in [6.07, 6.45) is -0.655. The molecule has 0 fully saturated rings. The molecule has 0 unspecified atom stereocenters. The molecule has 0 aromatic carbocycles. The van der Waals surface area contributed by atoms with Gasteiger partial charge in [-0.05, 0) is 34.1 Å². The smallest absolute Gasteiger partial charge is 0.425 e. The van der Waals surface area contributed by atoms with Gasteiger partial charge in [0.05, 0.1) is 0 Å². The van der Waals surface area contributed by atoms with Gasteiger partial charge in [-0.2, -0.15) is 0 Å². The van der Waals surface area contributed by atoms with E-state index in [0.717, 1.165) is 0 Å². The van der Waals surface area contributed by atoms with Crippen LogP contribution < -0.4 is 5.84 Å². The number of rotatable bonds is 3. The molecule has 6 heteroatoms. The minimum absolute atomic E-state index is 0.193. The first kappa shape index (κ1) is 14.7. The molecule has 0 aliphatic carbocycles.